The van der Waals surface area contributed by atoms with E-state index in [4.69, 9.17) is 4.74 Å². The van der Waals surface area contributed by atoms with Crippen LogP contribution in [0.3, 0.4) is 0 Å². The molecule has 0 unspecified atom stereocenters. The molecule has 1 aromatic rings. The van der Waals surface area contributed by atoms with Crippen LogP contribution < -0.4 is 15.5 Å². The van der Waals surface area contributed by atoms with Gasteiger partial charge < -0.3 is 20.3 Å². The van der Waals surface area contributed by atoms with Crippen LogP contribution in [0.1, 0.15) is 19.3 Å². The van der Waals surface area contributed by atoms with Gasteiger partial charge in [-0.2, -0.15) is 0 Å². The van der Waals surface area contributed by atoms with Gasteiger partial charge in [0.2, 0.25) is 0 Å². The molecule has 0 bridgehead atoms. The molecule has 0 radical (unpaired) electrons. The van der Waals surface area contributed by atoms with Crippen molar-refractivity contribution in [3.8, 4) is 0 Å². The van der Waals surface area contributed by atoms with Gasteiger partial charge in [-0.1, -0.05) is 6.07 Å². The van der Waals surface area contributed by atoms with Crippen molar-refractivity contribution in [2.45, 2.75) is 19.3 Å². The van der Waals surface area contributed by atoms with E-state index >= 15 is 0 Å². The normalized spacial score (nSPS) is 15.1. The largest absolute Gasteiger partial charge is 0.439 e. The summed E-state index contributed by atoms with van der Waals surface area (Å²) in [5.41, 5.74) is 0. The molecule has 23 heavy (non-hydrogen) atoms. The van der Waals surface area contributed by atoms with Crippen LogP contribution in [0.15, 0.2) is 24.4 Å². The standard InChI is InChI=1S/C16H24N4O3/c1-17-15(21)12-23-16(22)19-9-5-13-6-10-20(11-7-13)14-4-2-3-8-18-14/h2-4,8,13H,5-7,9-12H2,1H3,(H,17,21)(H,19,22). The number of nitrogens with zero attached hydrogens (tertiary/aromatic N) is 2. The van der Waals surface area contributed by atoms with Crippen LogP contribution in [0.2, 0.25) is 0 Å². The summed E-state index contributed by atoms with van der Waals surface area (Å²) in [4.78, 5) is 29.0. The van der Waals surface area contributed by atoms with Crippen molar-refractivity contribution < 1.29 is 14.3 Å². The highest BCUT2D eigenvalue weighted by atomic mass is 16.6. The van der Waals surface area contributed by atoms with E-state index < -0.39 is 6.09 Å². The highest BCUT2D eigenvalue weighted by molar-refractivity contribution is 5.79. The summed E-state index contributed by atoms with van der Waals surface area (Å²) in [5, 5.41) is 5.08. The van der Waals surface area contributed by atoms with Crippen LogP contribution in [-0.4, -0.2) is 50.3 Å². The first-order chi connectivity index (χ1) is 11.2. The molecule has 1 aliphatic heterocycles. The fourth-order valence-electron chi connectivity index (χ4n) is 2.62. The molecule has 0 aromatic carbocycles. The average molecular weight is 320 g/mol. The van der Waals surface area contributed by atoms with Gasteiger partial charge in [0, 0.05) is 32.9 Å². The number of nitrogens with one attached hydrogen (secondary N) is 2. The molecular weight excluding hydrogens is 296 g/mol. The molecule has 2 N–H and O–H groups in total. The molecule has 1 fully saturated rings. The lowest BCUT2D eigenvalue weighted by Crippen LogP contribution is -2.36. The zero-order valence-corrected chi connectivity index (χ0v) is 13.5. The predicted octanol–water partition coefficient (Wildman–Crippen LogP) is 1.16. The number of amides is 2. The molecule has 7 nitrogen and oxygen atoms in total. The third-order valence-corrected chi connectivity index (χ3v) is 4.02. The zero-order valence-electron chi connectivity index (χ0n) is 13.5. The molecule has 0 atom stereocenters. The first-order valence-corrected chi connectivity index (χ1v) is 7.96. The molecule has 2 rings (SSSR count). The number of ether oxygens (including phenoxy) is 1. The van der Waals surface area contributed by atoms with Gasteiger partial charge in [-0.3, -0.25) is 4.79 Å². The second kappa shape index (κ2) is 8.97. The zero-order chi connectivity index (χ0) is 16.5. The SMILES string of the molecule is CNC(=O)COC(=O)NCCC1CCN(c2ccccn2)CC1. The van der Waals surface area contributed by atoms with Gasteiger partial charge in [0.1, 0.15) is 5.82 Å². The van der Waals surface area contributed by atoms with Gasteiger partial charge in [-0.15, -0.1) is 0 Å². The summed E-state index contributed by atoms with van der Waals surface area (Å²) in [6.07, 6.45) is 4.37. The Kier molecular flexibility index (Phi) is 6.65. The Labute approximate surface area is 136 Å². The summed E-state index contributed by atoms with van der Waals surface area (Å²) in [5.74, 6) is 1.30. The van der Waals surface area contributed by atoms with E-state index in [2.05, 4.69) is 20.5 Å². The highest BCUT2D eigenvalue weighted by Gasteiger charge is 2.20. The minimum absolute atomic E-state index is 0.245. The lowest BCUT2D eigenvalue weighted by atomic mass is 9.93. The van der Waals surface area contributed by atoms with Gasteiger partial charge in [0.15, 0.2) is 6.61 Å². The maximum Gasteiger partial charge on any atom is 0.407 e. The molecule has 1 aliphatic rings. The van der Waals surface area contributed by atoms with Crippen molar-refractivity contribution in [2.24, 2.45) is 5.92 Å². The monoisotopic (exact) mass is 320 g/mol. The molecule has 0 saturated carbocycles. The van der Waals surface area contributed by atoms with Crippen molar-refractivity contribution in [1.82, 2.24) is 15.6 Å². The van der Waals surface area contributed by atoms with Gasteiger partial charge in [0.25, 0.3) is 5.91 Å². The van der Waals surface area contributed by atoms with E-state index in [-0.39, 0.29) is 12.5 Å². The Morgan fingerprint density at radius 1 is 1.35 bits per heavy atom. The predicted molar refractivity (Wildman–Crippen MR) is 87.2 cm³/mol. The lowest BCUT2D eigenvalue weighted by molar-refractivity contribution is -0.123. The van der Waals surface area contributed by atoms with Crippen molar-refractivity contribution in [1.29, 1.82) is 0 Å². The first-order valence-electron chi connectivity index (χ1n) is 7.96. The van der Waals surface area contributed by atoms with E-state index in [1.54, 1.807) is 0 Å². The maximum atomic E-state index is 11.4. The molecule has 1 aromatic heterocycles. The van der Waals surface area contributed by atoms with Crippen LogP contribution in [0, 0.1) is 5.92 Å². The number of alkyl carbamates (subject to hydrolysis) is 1. The number of pyridine rings is 1. The van der Waals surface area contributed by atoms with Crippen molar-refractivity contribution >= 4 is 17.8 Å². The number of carbonyl (C=O) groups is 2. The second-order valence-corrected chi connectivity index (χ2v) is 5.58. The topological polar surface area (TPSA) is 83.6 Å². The number of piperidine rings is 1. The third-order valence-electron chi connectivity index (χ3n) is 4.02. The lowest BCUT2D eigenvalue weighted by Gasteiger charge is -2.32. The van der Waals surface area contributed by atoms with Gasteiger partial charge in [-0.25, -0.2) is 9.78 Å². The fourth-order valence-corrected chi connectivity index (χ4v) is 2.62. The molecule has 7 heteroatoms. The van der Waals surface area contributed by atoms with Crippen molar-refractivity contribution in [3.63, 3.8) is 0 Å². The van der Waals surface area contributed by atoms with Gasteiger partial charge in [-0.05, 0) is 37.3 Å². The summed E-state index contributed by atoms with van der Waals surface area (Å²) < 4.78 is 4.78. The second-order valence-electron chi connectivity index (χ2n) is 5.58. The Hall–Kier alpha value is -2.31. The van der Waals surface area contributed by atoms with Crippen LogP contribution in [0.25, 0.3) is 0 Å². The number of anilines is 1. The van der Waals surface area contributed by atoms with Crippen molar-refractivity contribution in [3.05, 3.63) is 24.4 Å². The summed E-state index contributed by atoms with van der Waals surface area (Å²) in [6, 6.07) is 5.96. The van der Waals surface area contributed by atoms with Crippen LogP contribution in [0.4, 0.5) is 10.6 Å². The molecule has 2 heterocycles. The van der Waals surface area contributed by atoms with E-state index in [1.165, 1.54) is 7.05 Å². The Morgan fingerprint density at radius 3 is 2.78 bits per heavy atom. The van der Waals surface area contributed by atoms with Crippen LogP contribution in [0.5, 0.6) is 0 Å². The van der Waals surface area contributed by atoms with Crippen LogP contribution >= 0.6 is 0 Å². The highest BCUT2D eigenvalue weighted by Crippen LogP contribution is 2.23. The third kappa shape index (κ3) is 5.77. The molecule has 1 saturated heterocycles. The number of carbonyl (C=O) groups excluding carboxylic acids is 2. The minimum Gasteiger partial charge on any atom is -0.439 e. The average Bonchev–Trinajstić information content (AvgIpc) is 2.61. The fraction of sp³-hybridized carbons (Fsp3) is 0.562. The molecule has 0 spiro atoms. The van der Waals surface area contributed by atoms with Crippen molar-refractivity contribution in [2.75, 3.05) is 38.2 Å². The Bertz CT molecular complexity index is 501. The van der Waals surface area contributed by atoms with Gasteiger partial charge >= 0.3 is 6.09 Å². The summed E-state index contributed by atoms with van der Waals surface area (Å²) >= 11 is 0. The first kappa shape index (κ1) is 17.1. The number of aromatic nitrogens is 1. The van der Waals surface area contributed by atoms with E-state index in [1.807, 2.05) is 24.4 Å². The number of rotatable bonds is 6. The Balaban J connectivity index is 1.60. The van der Waals surface area contributed by atoms with E-state index in [9.17, 15) is 9.59 Å². The Morgan fingerprint density at radius 2 is 2.13 bits per heavy atom. The number of hydrogen-bond acceptors (Lipinski definition) is 5. The quantitative estimate of drug-likeness (QED) is 0.822. The molecule has 0 aliphatic carbocycles. The van der Waals surface area contributed by atoms with Crippen LogP contribution in [-0.2, 0) is 9.53 Å². The van der Waals surface area contributed by atoms with E-state index in [0.717, 1.165) is 38.2 Å². The number of hydrogen-bond donors (Lipinski definition) is 2. The molecular formula is C16H24N4O3. The van der Waals surface area contributed by atoms with Gasteiger partial charge in [0.05, 0.1) is 0 Å². The number of likely N-dealkylation sites (N-methyl/N-ethyl adjacent to an activating group) is 1. The minimum atomic E-state index is -0.542. The smallest absolute Gasteiger partial charge is 0.407 e. The maximum absolute atomic E-state index is 11.4. The molecule has 2 amide bonds. The summed E-state index contributed by atoms with van der Waals surface area (Å²) in [6.45, 7) is 2.30. The van der Waals surface area contributed by atoms with E-state index in [0.29, 0.717) is 12.5 Å². The summed E-state index contributed by atoms with van der Waals surface area (Å²) in [7, 11) is 1.50. The molecule has 126 valence electrons.